The molecule has 2 aromatic carbocycles. The molecule has 0 aliphatic carbocycles. The van der Waals surface area contributed by atoms with Gasteiger partial charge < -0.3 is 15.3 Å². The van der Waals surface area contributed by atoms with Gasteiger partial charge >= 0.3 is 0 Å². The van der Waals surface area contributed by atoms with Crippen LogP contribution in [-0.2, 0) is 10.2 Å². The monoisotopic (exact) mass is 417 g/mol. The van der Waals surface area contributed by atoms with Crippen molar-refractivity contribution < 1.29 is 9.84 Å². The van der Waals surface area contributed by atoms with Crippen molar-refractivity contribution in [1.82, 2.24) is 10.9 Å². The van der Waals surface area contributed by atoms with Gasteiger partial charge in [0, 0.05) is 22.6 Å². The summed E-state index contributed by atoms with van der Waals surface area (Å²) >= 11 is 0. The molecule has 2 aromatic rings. The van der Waals surface area contributed by atoms with Crippen LogP contribution in [0.15, 0.2) is 89.8 Å². The Hall–Kier alpha value is -3.15. The maximum absolute atomic E-state index is 10.5. The molecule has 1 atom stereocenters. The Morgan fingerprint density at radius 3 is 2.77 bits per heavy atom. The smallest absolute Gasteiger partial charge is 0.150 e. The van der Waals surface area contributed by atoms with Crippen molar-refractivity contribution in [2.24, 2.45) is 4.99 Å². The predicted molar refractivity (Wildman–Crippen MR) is 129 cm³/mol. The topological polar surface area (TPSA) is 65.9 Å². The molecular formula is C26H31N3O2. The van der Waals surface area contributed by atoms with Crippen molar-refractivity contribution in [3.05, 3.63) is 90.4 Å². The molecular weight excluding hydrogens is 386 g/mol. The molecule has 0 spiro atoms. The lowest BCUT2D eigenvalue weighted by Crippen LogP contribution is -2.39. The van der Waals surface area contributed by atoms with Crippen molar-refractivity contribution in [2.45, 2.75) is 39.3 Å². The van der Waals surface area contributed by atoms with Gasteiger partial charge in [0.05, 0.1) is 18.0 Å². The van der Waals surface area contributed by atoms with Gasteiger partial charge in [-0.3, -0.25) is 4.99 Å². The van der Waals surface area contributed by atoms with Crippen LogP contribution in [0.25, 0.3) is 10.8 Å². The third kappa shape index (κ3) is 4.79. The van der Waals surface area contributed by atoms with Gasteiger partial charge in [0.25, 0.3) is 0 Å². The van der Waals surface area contributed by atoms with Crippen molar-refractivity contribution in [1.29, 1.82) is 0 Å². The van der Waals surface area contributed by atoms with Crippen molar-refractivity contribution in [3.8, 4) is 0 Å². The first-order valence-electron chi connectivity index (χ1n) is 10.5. The number of ether oxygens (including phenoxy) is 1. The number of hydrogen-bond donors (Lipinski definition) is 3. The van der Waals surface area contributed by atoms with E-state index in [1.165, 1.54) is 10.9 Å². The van der Waals surface area contributed by atoms with E-state index in [0.29, 0.717) is 17.9 Å². The Balaban J connectivity index is 1.74. The van der Waals surface area contributed by atoms with E-state index in [-0.39, 0.29) is 5.41 Å². The average Bonchev–Trinajstić information content (AvgIpc) is 3.02. The van der Waals surface area contributed by atoms with Gasteiger partial charge in [0.15, 0.2) is 0 Å². The third-order valence-corrected chi connectivity index (χ3v) is 5.46. The van der Waals surface area contributed by atoms with Crippen LogP contribution in [0, 0.1) is 0 Å². The molecule has 0 radical (unpaired) electrons. The number of allylic oxidation sites excluding steroid dienone is 4. The Morgan fingerprint density at radius 2 is 2.03 bits per heavy atom. The van der Waals surface area contributed by atoms with Crippen molar-refractivity contribution in [3.63, 3.8) is 0 Å². The van der Waals surface area contributed by atoms with Crippen LogP contribution in [-0.4, -0.2) is 23.7 Å². The van der Waals surface area contributed by atoms with Gasteiger partial charge in [-0.15, -0.1) is 0 Å². The molecule has 5 heteroatoms. The molecule has 0 saturated carbocycles. The Labute approximate surface area is 184 Å². The molecule has 1 aliphatic heterocycles. The van der Waals surface area contributed by atoms with Gasteiger partial charge in [0.2, 0.25) is 0 Å². The highest BCUT2D eigenvalue weighted by molar-refractivity contribution is 6.12. The third-order valence-electron chi connectivity index (χ3n) is 5.46. The van der Waals surface area contributed by atoms with Crippen molar-refractivity contribution in [2.75, 3.05) is 6.61 Å². The van der Waals surface area contributed by atoms with E-state index in [1.54, 1.807) is 24.4 Å². The summed E-state index contributed by atoms with van der Waals surface area (Å²) in [5, 5.41) is 12.9. The summed E-state index contributed by atoms with van der Waals surface area (Å²) in [6, 6.07) is 12.6. The number of aliphatic hydroxyl groups is 1. The lowest BCUT2D eigenvalue weighted by atomic mass is 9.81. The molecule has 0 fully saturated rings. The van der Waals surface area contributed by atoms with E-state index in [1.807, 2.05) is 32.1 Å². The molecule has 1 aliphatic rings. The Bertz CT molecular complexity index is 1080. The van der Waals surface area contributed by atoms with Crippen LogP contribution in [0.5, 0.6) is 0 Å². The van der Waals surface area contributed by atoms with E-state index in [2.05, 4.69) is 55.5 Å². The molecule has 0 aromatic heterocycles. The van der Waals surface area contributed by atoms with E-state index in [4.69, 9.17) is 9.73 Å². The summed E-state index contributed by atoms with van der Waals surface area (Å²) < 4.78 is 5.54. The van der Waals surface area contributed by atoms with Gasteiger partial charge in [-0.25, -0.2) is 5.43 Å². The Morgan fingerprint density at radius 1 is 1.26 bits per heavy atom. The number of fused-ring (bicyclic) bond motifs is 3. The number of aliphatic hydroxyl groups excluding tert-OH is 1. The van der Waals surface area contributed by atoms with Gasteiger partial charge in [0.1, 0.15) is 12.0 Å². The number of nitrogens with one attached hydrogen (secondary N) is 2. The fourth-order valence-corrected chi connectivity index (χ4v) is 3.72. The maximum atomic E-state index is 10.5. The SMILES string of the molecule is C=C/C=C\C(=C(/C)OCC)C(O)NNC=CC1=Nc2c(ccc3ccccc23)C1(C)C. The van der Waals surface area contributed by atoms with Crippen LogP contribution in [0.1, 0.15) is 33.3 Å². The normalized spacial score (nSPS) is 16.9. The van der Waals surface area contributed by atoms with Gasteiger partial charge in [-0.05, 0) is 30.9 Å². The molecule has 162 valence electrons. The zero-order valence-corrected chi connectivity index (χ0v) is 18.6. The molecule has 3 N–H and O–H groups in total. The molecule has 5 nitrogen and oxygen atoms in total. The number of hydrogen-bond acceptors (Lipinski definition) is 5. The second kappa shape index (κ2) is 9.77. The van der Waals surface area contributed by atoms with E-state index >= 15 is 0 Å². The zero-order valence-electron chi connectivity index (χ0n) is 18.6. The first kappa shape index (κ1) is 22.5. The average molecular weight is 418 g/mol. The minimum Gasteiger partial charge on any atom is -0.498 e. The molecule has 0 amide bonds. The summed E-state index contributed by atoms with van der Waals surface area (Å²) in [5.41, 5.74) is 9.44. The minimum atomic E-state index is -0.952. The molecule has 1 heterocycles. The molecule has 0 saturated heterocycles. The highest BCUT2D eigenvalue weighted by Gasteiger charge is 2.34. The molecule has 0 bridgehead atoms. The fraction of sp³-hybridized carbons (Fsp3) is 0.269. The number of rotatable bonds is 9. The summed E-state index contributed by atoms with van der Waals surface area (Å²) in [6.07, 6.45) is 7.92. The molecule has 3 rings (SSSR count). The summed E-state index contributed by atoms with van der Waals surface area (Å²) in [4.78, 5) is 4.93. The highest BCUT2D eigenvalue weighted by Crippen LogP contribution is 2.44. The number of hydrazine groups is 1. The number of nitrogens with zero attached hydrogens (tertiary/aromatic N) is 1. The van der Waals surface area contributed by atoms with Crippen molar-refractivity contribution >= 4 is 22.2 Å². The predicted octanol–water partition coefficient (Wildman–Crippen LogP) is 5.18. The highest BCUT2D eigenvalue weighted by atomic mass is 16.5. The van der Waals surface area contributed by atoms with Gasteiger partial charge in [-0.1, -0.05) is 75.1 Å². The fourth-order valence-electron chi connectivity index (χ4n) is 3.72. The minimum absolute atomic E-state index is 0.209. The summed E-state index contributed by atoms with van der Waals surface area (Å²) in [5.74, 6) is 0.648. The first-order chi connectivity index (χ1) is 14.9. The van der Waals surface area contributed by atoms with E-state index in [0.717, 1.165) is 16.8 Å². The zero-order chi connectivity index (χ0) is 22.4. The van der Waals surface area contributed by atoms with Gasteiger partial charge in [-0.2, -0.15) is 0 Å². The van der Waals surface area contributed by atoms with Crippen LogP contribution in [0.2, 0.25) is 0 Å². The van der Waals surface area contributed by atoms with Crippen LogP contribution in [0.3, 0.4) is 0 Å². The standard InChI is InChI=1S/C26H31N3O2/c1-6-8-12-20(18(3)31-7-2)25(30)29-27-17-16-23-26(4,5)22-15-14-19-11-9-10-13-21(19)24(22)28-23/h6,8-17,25,27,29-30H,1,7H2,2-5H3/b12-8-,17-16?,20-18-. The second-order valence-electron chi connectivity index (χ2n) is 7.87. The second-order valence-corrected chi connectivity index (χ2v) is 7.87. The van der Waals surface area contributed by atoms with Crippen LogP contribution >= 0.6 is 0 Å². The molecule has 1 unspecified atom stereocenters. The summed E-state index contributed by atoms with van der Waals surface area (Å²) in [7, 11) is 0. The Kier molecular flexibility index (Phi) is 7.10. The lowest BCUT2D eigenvalue weighted by molar-refractivity contribution is 0.150. The van der Waals surface area contributed by atoms with Crippen LogP contribution in [0.4, 0.5) is 5.69 Å². The van der Waals surface area contributed by atoms with Crippen LogP contribution < -0.4 is 10.9 Å². The quantitative estimate of drug-likeness (QED) is 0.228. The summed E-state index contributed by atoms with van der Waals surface area (Å²) in [6.45, 7) is 12.3. The largest absolute Gasteiger partial charge is 0.498 e. The first-order valence-corrected chi connectivity index (χ1v) is 10.5. The maximum Gasteiger partial charge on any atom is 0.150 e. The number of benzene rings is 2. The van der Waals surface area contributed by atoms with E-state index in [9.17, 15) is 5.11 Å². The number of aliphatic imine (C=N–C) groups is 1. The van der Waals surface area contributed by atoms with E-state index < -0.39 is 6.23 Å². The lowest BCUT2D eigenvalue weighted by Gasteiger charge is -2.21. The molecule has 31 heavy (non-hydrogen) atoms.